The zero-order chi connectivity index (χ0) is 28.1. The van der Waals surface area contributed by atoms with Crippen LogP contribution in [0.25, 0.3) is 16.7 Å². The molecular weight excluding hydrogens is 524 g/mol. The number of nitrogens with zero attached hydrogens (tertiary/aromatic N) is 3. The second kappa shape index (κ2) is 9.88. The Morgan fingerprint density at radius 2 is 1.79 bits per heavy atom. The first-order valence-electron chi connectivity index (χ1n) is 12.6. The van der Waals surface area contributed by atoms with Crippen molar-refractivity contribution in [3.8, 4) is 5.69 Å². The van der Waals surface area contributed by atoms with Crippen molar-refractivity contribution in [1.82, 2.24) is 13.7 Å². The Morgan fingerprint density at radius 3 is 2.46 bits per heavy atom. The van der Waals surface area contributed by atoms with Gasteiger partial charge in [-0.05, 0) is 49.6 Å². The molecule has 2 aromatic carbocycles. The van der Waals surface area contributed by atoms with Gasteiger partial charge in [0.1, 0.15) is 24.7 Å². The van der Waals surface area contributed by atoms with E-state index in [0.29, 0.717) is 24.7 Å². The summed E-state index contributed by atoms with van der Waals surface area (Å²) in [5, 5.41) is 2.91. The fourth-order valence-corrected chi connectivity index (χ4v) is 5.75. The van der Waals surface area contributed by atoms with Crippen molar-refractivity contribution in [2.24, 2.45) is 7.05 Å². The van der Waals surface area contributed by atoms with Gasteiger partial charge >= 0.3 is 5.69 Å². The predicted molar refractivity (Wildman–Crippen MR) is 153 cm³/mol. The number of aryl methyl sites for hydroxylation is 1. The molecule has 1 fully saturated rings. The molecule has 1 aliphatic carbocycles. The number of fused-ring (bicyclic) bond motifs is 1. The Morgan fingerprint density at radius 1 is 1.05 bits per heavy atom. The highest BCUT2D eigenvalue weighted by Crippen LogP contribution is 2.33. The summed E-state index contributed by atoms with van der Waals surface area (Å²) >= 11 is 0. The van der Waals surface area contributed by atoms with Gasteiger partial charge in [0.05, 0.1) is 28.5 Å². The number of aromatic nitrogens is 3. The SMILES string of the molecule is Bc1ccc(Nc2cc(=O)n(C)c3c2c(=O)n(C2CC2)c(=O)n3-c2cccc(NS(=O)(=O)CCC)c2)c(F)c1. The lowest BCUT2D eigenvalue weighted by atomic mass is 9.96. The Bertz CT molecular complexity index is 1910. The summed E-state index contributed by atoms with van der Waals surface area (Å²) < 4.78 is 45.6. The van der Waals surface area contributed by atoms with Crippen LogP contribution in [0, 0.1) is 5.82 Å². The fraction of sp³-hybridized carbons (Fsp3) is 0.269. The number of nitrogens with one attached hydrogen (secondary N) is 2. The summed E-state index contributed by atoms with van der Waals surface area (Å²) in [5.41, 5.74) is -0.480. The van der Waals surface area contributed by atoms with Crippen LogP contribution < -0.4 is 32.3 Å². The molecule has 0 amide bonds. The van der Waals surface area contributed by atoms with Crippen LogP contribution in [0.2, 0.25) is 0 Å². The number of anilines is 3. The summed E-state index contributed by atoms with van der Waals surface area (Å²) in [6, 6.07) is 11.6. The van der Waals surface area contributed by atoms with Crippen LogP contribution in [0.1, 0.15) is 32.2 Å². The highest BCUT2D eigenvalue weighted by molar-refractivity contribution is 7.92. The van der Waals surface area contributed by atoms with Crippen molar-refractivity contribution in [2.45, 2.75) is 32.2 Å². The molecule has 5 rings (SSSR count). The van der Waals surface area contributed by atoms with Crippen molar-refractivity contribution in [2.75, 3.05) is 15.8 Å². The third kappa shape index (κ3) is 5.01. The lowest BCUT2D eigenvalue weighted by Crippen LogP contribution is -2.41. The van der Waals surface area contributed by atoms with Crippen molar-refractivity contribution in [3.05, 3.63) is 85.5 Å². The molecule has 0 aliphatic heterocycles. The Balaban J connectivity index is 1.81. The monoisotopic (exact) mass is 551 g/mol. The summed E-state index contributed by atoms with van der Waals surface area (Å²) in [7, 11) is -0.435. The number of benzene rings is 2. The van der Waals surface area contributed by atoms with Crippen LogP contribution in [-0.4, -0.2) is 35.7 Å². The summed E-state index contributed by atoms with van der Waals surface area (Å²) in [6.45, 7) is 1.75. The summed E-state index contributed by atoms with van der Waals surface area (Å²) in [5.74, 6) is -0.641. The van der Waals surface area contributed by atoms with E-state index in [2.05, 4.69) is 10.0 Å². The minimum Gasteiger partial charge on any atom is -0.352 e. The standard InChI is InChI=1S/C26H27BFN5O5S/c1-3-11-39(37,38)30-16-5-4-6-18(13-16)32-24-23(25(35)33(26(32)36)17-8-9-17)21(14-22(34)31(24)2)29-20-10-7-15(27)12-19(20)28/h4-7,10,12-14,17,29-30H,3,8-9,11,27H2,1-2H3. The van der Waals surface area contributed by atoms with Crippen LogP contribution in [0.3, 0.4) is 0 Å². The maximum absolute atomic E-state index is 14.7. The van der Waals surface area contributed by atoms with E-state index in [9.17, 15) is 27.2 Å². The molecule has 0 unspecified atom stereocenters. The zero-order valence-electron chi connectivity index (χ0n) is 21.7. The molecule has 202 valence electrons. The second-order valence-corrected chi connectivity index (χ2v) is 11.6. The predicted octanol–water partition coefficient (Wildman–Crippen LogP) is 1.48. The molecule has 0 saturated heterocycles. The van der Waals surface area contributed by atoms with Gasteiger partial charge in [-0.15, -0.1) is 0 Å². The van der Waals surface area contributed by atoms with Crippen molar-refractivity contribution >= 4 is 51.4 Å². The molecule has 4 aromatic rings. The van der Waals surface area contributed by atoms with Gasteiger partial charge in [-0.1, -0.05) is 24.5 Å². The molecule has 39 heavy (non-hydrogen) atoms. The first-order valence-corrected chi connectivity index (χ1v) is 14.2. The quantitative estimate of drug-likeness (QED) is 0.320. The number of hydrogen-bond donors (Lipinski definition) is 2. The third-order valence-electron chi connectivity index (χ3n) is 6.61. The number of hydrogen-bond acceptors (Lipinski definition) is 6. The lowest BCUT2D eigenvalue weighted by Gasteiger charge is -2.19. The highest BCUT2D eigenvalue weighted by atomic mass is 32.2. The van der Waals surface area contributed by atoms with Gasteiger partial charge in [0.15, 0.2) is 0 Å². The van der Waals surface area contributed by atoms with Crippen LogP contribution in [0.5, 0.6) is 0 Å². The van der Waals surface area contributed by atoms with E-state index in [1.807, 2.05) is 0 Å². The number of pyridine rings is 1. The molecule has 0 atom stereocenters. The van der Waals surface area contributed by atoms with E-state index in [1.165, 1.54) is 40.4 Å². The van der Waals surface area contributed by atoms with Gasteiger partial charge in [-0.2, -0.15) is 0 Å². The smallest absolute Gasteiger partial charge is 0.337 e. The maximum Gasteiger partial charge on any atom is 0.337 e. The first-order chi connectivity index (χ1) is 18.5. The van der Waals surface area contributed by atoms with E-state index < -0.39 is 32.6 Å². The Labute approximate surface area is 224 Å². The van der Waals surface area contributed by atoms with Crippen molar-refractivity contribution in [3.63, 3.8) is 0 Å². The minimum absolute atomic E-state index is 0.00187. The summed E-state index contributed by atoms with van der Waals surface area (Å²) in [4.78, 5) is 40.6. The molecular formula is C26H27BFN5O5S. The first kappa shape index (κ1) is 26.5. The second-order valence-electron chi connectivity index (χ2n) is 9.76. The molecule has 10 nitrogen and oxygen atoms in total. The maximum atomic E-state index is 14.7. The summed E-state index contributed by atoms with van der Waals surface area (Å²) in [6.07, 6.45) is 1.70. The molecule has 2 heterocycles. The van der Waals surface area contributed by atoms with Gasteiger partial charge in [0, 0.05) is 19.2 Å². The largest absolute Gasteiger partial charge is 0.352 e. The topological polar surface area (TPSA) is 124 Å². The third-order valence-corrected chi connectivity index (χ3v) is 8.10. The number of rotatable bonds is 8. The Kier molecular flexibility index (Phi) is 6.71. The normalized spacial score (nSPS) is 13.5. The molecule has 2 N–H and O–H groups in total. The average Bonchev–Trinajstić information content (AvgIpc) is 3.69. The van der Waals surface area contributed by atoms with Gasteiger partial charge in [-0.25, -0.2) is 22.2 Å². The average molecular weight is 551 g/mol. The fourth-order valence-electron chi connectivity index (χ4n) is 4.62. The van der Waals surface area contributed by atoms with Crippen LogP contribution in [-0.2, 0) is 17.1 Å². The highest BCUT2D eigenvalue weighted by Gasteiger charge is 2.31. The van der Waals surface area contributed by atoms with Gasteiger partial charge in [-0.3, -0.25) is 23.4 Å². The molecule has 0 bridgehead atoms. The van der Waals surface area contributed by atoms with Crippen molar-refractivity contribution in [1.29, 1.82) is 0 Å². The van der Waals surface area contributed by atoms with Crippen LogP contribution in [0.4, 0.5) is 21.5 Å². The van der Waals surface area contributed by atoms with E-state index in [4.69, 9.17) is 0 Å². The molecule has 2 aromatic heterocycles. The molecule has 1 saturated carbocycles. The molecule has 0 spiro atoms. The van der Waals surface area contributed by atoms with Gasteiger partial charge in [0.2, 0.25) is 10.0 Å². The van der Waals surface area contributed by atoms with E-state index in [0.717, 1.165) is 4.57 Å². The number of halogens is 1. The van der Waals surface area contributed by atoms with E-state index in [1.54, 1.807) is 39.0 Å². The van der Waals surface area contributed by atoms with Crippen molar-refractivity contribution < 1.29 is 12.8 Å². The molecule has 0 radical (unpaired) electrons. The van der Waals surface area contributed by atoms with E-state index in [-0.39, 0.29) is 45.6 Å². The number of sulfonamides is 1. The van der Waals surface area contributed by atoms with E-state index >= 15 is 0 Å². The zero-order valence-corrected chi connectivity index (χ0v) is 22.5. The van der Waals surface area contributed by atoms with Gasteiger partial charge < -0.3 is 5.32 Å². The molecule has 13 heteroatoms. The minimum atomic E-state index is -3.61. The molecule has 1 aliphatic rings. The Hall–Kier alpha value is -4.13. The van der Waals surface area contributed by atoms with Crippen LogP contribution in [0.15, 0.2) is 62.9 Å². The van der Waals surface area contributed by atoms with Gasteiger partial charge in [0.25, 0.3) is 11.1 Å². The van der Waals surface area contributed by atoms with Crippen LogP contribution >= 0.6 is 0 Å². The lowest BCUT2D eigenvalue weighted by molar-refractivity contribution is 0.600.